The average Bonchev–Trinajstić information content (AvgIpc) is 2.42. The Morgan fingerprint density at radius 2 is 1.86 bits per heavy atom. The van der Waals surface area contributed by atoms with Crippen LogP contribution in [0.2, 0.25) is 0 Å². The second-order valence-corrected chi connectivity index (χ2v) is 4.89. The third kappa shape index (κ3) is 4.22. The zero-order valence-electron chi connectivity index (χ0n) is 10.5. The number of hydrogen-bond acceptors (Lipinski definition) is 2. The second-order valence-electron chi connectivity index (χ2n) is 4.04. The van der Waals surface area contributed by atoms with Gasteiger partial charge in [0.25, 0.3) is 5.91 Å². The van der Waals surface area contributed by atoms with Crippen molar-refractivity contribution in [3.8, 4) is 5.75 Å². The topological polar surface area (TPSA) is 38.3 Å². The van der Waals surface area contributed by atoms with Crippen molar-refractivity contribution in [3.63, 3.8) is 0 Å². The zero-order valence-corrected chi connectivity index (χ0v) is 12.1. The lowest BCUT2D eigenvalue weighted by atomic mass is 10.3. The number of nitrogens with one attached hydrogen (secondary N) is 1. The van der Waals surface area contributed by atoms with Crippen LogP contribution in [0.5, 0.6) is 5.75 Å². The Balaban J connectivity index is 1.94. The van der Waals surface area contributed by atoms with Crippen molar-refractivity contribution < 1.29 is 22.7 Å². The number of amides is 1. The van der Waals surface area contributed by atoms with E-state index in [1.807, 2.05) is 0 Å². The van der Waals surface area contributed by atoms with E-state index in [0.29, 0.717) is 4.47 Å². The molecule has 0 spiro atoms. The van der Waals surface area contributed by atoms with Gasteiger partial charge in [0.2, 0.25) is 0 Å². The molecule has 2 aromatic carbocycles. The third-order valence-corrected chi connectivity index (χ3v) is 3.08. The Morgan fingerprint density at radius 1 is 1.10 bits per heavy atom. The van der Waals surface area contributed by atoms with Crippen molar-refractivity contribution in [2.45, 2.75) is 0 Å². The van der Waals surface area contributed by atoms with Crippen LogP contribution in [-0.2, 0) is 4.79 Å². The van der Waals surface area contributed by atoms with Crippen LogP contribution < -0.4 is 10.1 Å². The monoisotopic (exact) mass is 359 g/mol. The van der Waals surface area contributed by atoms with E-state index in [9.17, 15) is 18.0 Å². The largest absolute Gasteiger partial charge is 0.483 e. The maximum absolute atomic E-state index is 13.0. The van der Waals surface area contributed by atoms with Crippen LogP contribution in [0.4, 0.5) is 18.9 Å². The molecule has 0 bridgehead atoms. The van der Waals surface area contributed by atoms with Gasteiger partial charge >= 0.3 is 0 Å². The summed E-state index contributed by atoms with van der Waals surface area (Å²) in [5.74, 6) is -2.77. The molecule has 1 N–H and O–H groups in total. The van der Waals surface area contributed by atoms with Gasteiger partial charge in [-0.25, -0.2) is 13.2 Å². The first-order chi connectivity index (χ1) is 9.95. The van der Waals surface area contributed by atoms with Crippen molar-refractivity contribution in [1.82, 2.24) is 0 Å². The lowest BCUT2D eigenvalue weighted by molar-refractivity contribution is -0.118. The lowest BCUT2D eigenvalue weighted by Gasteiger charge is -2.09. The highest BCUT2D eigenvalue weighted by Crippen LogP contribution is 2.25. The molecule has 0 aliphatic rings. The molecule has 0 aliphatic heterocycles. The quantitative estimate of drug-likeness (QED) is 0.899. The Morgan fingerprint density at radius 3 is 2.52 bits per heavy atom. The summed E-state index contributed by atoms with van der Waals surface area (Å²) in [6.07, 6.45) is 0. The molecule has 0 aromatic heterocycles. The first kappa shape index (κ1) is 15.4. The molecule has 0 atom stereocenters. The molecule has 0 fully saturated rings. The van der Waals surface area contributed by atoms with Gasteiger partial charge in [-0.1, -0.05) is 0 Å². The number of carbonyl (C=O) groups excluding carboxylic acids is 1. The molecule has 0 aliphatic carbocycles. The summed E-state index contributed by atoms with van der Waals surface area (Å²) in [6.45, 7) is -0.358. The molecular formula is C14H9BrF3NO2. The molecule has 2 rings (SSSR count). The second kappa shape index (κ2) is 6.62. The fourth-order valence-electron chi connectivity index (χ4n) is 1.51. The number of benzene rings is 2. The summed E-state index contributed by atoms with van der Waals surface area (Å²) in [5, 5.41) is 2.35. The minimum absolute atomic E-state index is 0.112. The molecular weight excluding hydrogens is 351 g/mol. The van der Waals surface area contributed by atoms with E-state index in [-0.39, 0.29) is 18.0 Å². The van der Waals surface area contributed by atoms with Crippen LogP contribution in [0.15, 0.2) is 40.9 Å². The van der Waals surface area contributed by atoms with E-state index in [0.717, 1.165) is 12.1 Å². The van der Waals surface area contributed by atoms with Gasteiger partial charge in [0.05, 0.1) is 4.47 Å². The summed E-state index contributed by atoms with van der Waals surface area (Å²) in [5.41, 5.74) is 0.112. The van der Waals surface area contributed by atoms with Crippen molar-refractivity contribution in [2.75, 3.05) is 11.9 Å². The number of hydrogen-bond donors (Lipinski definition) is 1. The molecule has 21 heavy (non-hydrogen) atoms. The number of rotatable bonds is 4. The van der Waals surface area contributed by atoms with Crippen molar-refractivity contribution >= 4 is 27.5 Å². The Hall–Kier alpha value is -2.02. The fraction of sp³-hybridized carbons (Fsp3) is 0.0714. The highest BCUT2D eigenvalue weighted by atomic mass is 79.9. The highest BCUT2D eigenvalue weighted by Gasteiger charge is 2.09. The third-order valence-electron chi connectivity index (χ3n) is 2.46. The van der Waals surface area contributed by atoms with Crippen LogP contribution in [0.25, 0.3) is 0 Å². The van der Waals surface area contributed by atoms with Gasteiger partial charge < -0.3 is 10.1 Å². The van der Waals surface area contributed by atoms with Crippen LogP contribution in [0, 0.1) is 17.5 Å². The average molecular weight is 360 g/mol. The summed E-state index contributed by atoms with van der Waals surface area (Å²) < 4.78 is 44.1. The maximum Gasteiger partial charge on any atom is 0.262 e. The molecule has 3 nitrogen and oxygen atoms in total. The molecule has 1 amide bonds. The zero-order chi connectivity index (χ0) is 15.4. The first-order valence-corrected chi connectivity index (χ1v) is 6.58. The predicted octanol–water partition coefficient (Wildman–Crippen LogP) is 3.88. The predicted molar refractivity (Wildman–Crippen MR) is 74.6 cm³/mol. The summed E-state index contributed by atoms with van der Waals surface area (Å²) >= 11 is 3.09. The standard InChI is InChI=1S/C14H9BrF3NO2/c15-10-5-8(16)1-4-13(10)21-7-14(20)19-9-2-3-11(17)12(18)6-9/h1-6H,7H2,(H,19,20). The van der Waals surface area contributed by atoms with Gasteiger partial charge in [-0.2, -0.15) is 0 Å². The minimum Gasteiger partial charge on any atom is -0.483 e. The maximum atomic E-state index is 13.0. The lowest BCUT2D eigenvalue weighted by Crippen LogP contribution is -2.20. The molecule has 0 radical (unpaired) electrons. The SMILES string of the molecule is O=C(COc1ccc(F)cc1Br)Nc1ccc(F)c(F)c1. The molecule has 2 aromatic rings. The van der Waals surface area contributed by atoms with E-state index < -0.39 is 23.4 Å². The van der Waals surface area contributed by atoms with Crippen LogP contribution in [0.1, 0.15) is 0 Å². The normalized spacial score (nSPS) is 10.3. The van der Waals surface area contributed by atoms with Gasteiger partial charge in [-0.05, 0) is 46.3 Å². The van der Waals surface area contributed by atoms with Crippen molar-refractivity contribution in [3.05, 3.63) is 58.3 Å². The smallest absolute Gasteiger partial charge is 0.262 e. The van der Waals surface area contributed by atoms with Gasteiger partial charge in [0.1, 0.15) is 11.6 Å². The number of halogens is 4. The van der Waals surface area contributed by atoms with E-state index in [1.165, 1.54) is 24.3 Å². The Kier molecular flexibility index (Phi) is 4.85. The Labute approximate surface area is 126 Å². The van der Waals surface area contributed by atoms with Gasteiger partial charge in [-0.15, -0.1) is 0 Å². The summed E-state index contributed by atoms with van der Waals surface area (Å²) in [4.78, 5) is 11.6. The number of carbonyl (C=O) groups is 1. The minimum atomic E-state index is -1.06. The number of ether oxygens (including phenoxy) is 1. The molecule has 0 unspecified atom stereocenters. The van der Waals surface area contributed by atoms with Crippen LogP contribution in [-0.4, -0.2) is 12.5 Å². The van der Waals surface area contributed by atoms with Crippen molar-refractivity contribution in [1.29, 1.82) is 0 Å². The van der Waals surface area contributed by atoms with Crippen LogP contribution in [0.3, 0.4) is 0 Å². The van der Waals surface area contributed by atoms with Gasteiger partial charge in [0, 0.05) is 11.8 Å². The summed E-state index contributed by atoms with van der Waals surface area (Å²) in [7, 11) is 0. The fourth-order valence-corrected chi connectivity index (χ4v) is 1.97. The van der Waals surface area contributed by atoms with E-state index in [1.54, 1.807) is 0 Å². The van der Waals surface area contributed by atoms with Crippen molar-refractivity contribution in [2.24, 2.45) is 0 Å². The molecule has 0 heterocycles. The van der Waals surface area contributed by atoms with Gasteiger partial charge in [-0.3, -0.25) is 4.79 Å². The first-order valence-electron chi connectivity index (χ1n) is 5.78. The molecule has 110 valence electrons. The van der Waals surface area contributed by atoms with E-state index in [2.05, 4.69) is 21.2 Å². The van der Waals surface area contributed by atoms with E-state index in [4.69, 9.17) is 4.74 Å². The molecule has 7 heteroatoms. The summed E-state index contributed by atoms with van der Waals surface area (Å²) in [6, 6.07) is 6.74. The highest BCUT2D eigenvalue weighted by molar-refractivity contribution is 9.10. The van der Waals surface area contributed by atoms with Crippen LogP contribution >= 0.6 is 15.9 Å². The van der Waals surface area contributed by atoms with E-state index >= 15 is 0 Å². The number of anilines is 1. The Bertz CT molecular complexity index is 679. The van der Waals surface area contributed by atoms with Gasteiger partial charge in [0.15, 0.2) is 18.2 Å². The molecule has 0 saturated heterocycles. The molecule has 0 saturated carbocycles.